The number of rotatable bonds is 4. The van der Waals surface area contributed by atoms with Crippen LogP contribution in [0.25, 0.3) is 10.9 Å². The molecule has 1 aromatic heterocycles. The van der Waals surface area contributed by atoms with Gasteiger partial charge in [-0.05, 0) is 24.3 Å². The summed E-state index contributed by atoms with van der Waals surface area (Å²) in [6.45, 7) is 0.736. The van der Waals surface area contributed by atoms with E-state index < -0.39 is 0 Å². The predicted octanol–water partition coefficient (Wildman–Crippen LogP) is 3.59. The summed E-state index contributed by atoms with van der Waals surface area (Å²) in [4.78, 5) is 3.09. The van der Waals surface area contributed by atoms with Crippen LogP contribution >= 0.6 is 0 Å². The summed E-state index contributed by atoms with van der Waals surface area (Å²) in [6, 6.07) is 16.2. The molecule has 3 heteroatoms. The molecule has 3 aromatic rings. The second-order valence-electron chi connectivity index (χ2n) is 4.38. The maximum Gasteiger partial charge on any atom is 0.123 e. The molecule has 0 amide bonds. The average Bonchev–Trinajstić information content (AvgIpc) is 2.93. The van der Waals surface area contributed by atoms with Crippen molar-refractivity contribution < 1.29 is 4.74 Å². The maximum absolute atomic E-state index is 5.34. The Kier molecular flexibility index (Phi) is 3.11. The molecule has 0 aliphatic rings. The Morgan fingerprint density at radius 2 is 2.11 bits per heavy atom. The molecule has 0 spiro atoms. The molecule has 0 aliphatic carbocycles. The van der Waals surface area contributed by atoms with Crippen LogP contribution in [-0.4, -0.2) is 12.1 Å². The van der Waals surface area contributed by atoms with Crippen molar-refractivity contribution in [2.24, 2.45) is 0 Å². The van der Waals surface area contributed by atoms with Crippen molar-refractivity contribution >= 4 is 16.6 Å². The molecular weight excluding hydrogens is 236 g/mol. The molecule has 0 unspecified atom stereocenters. The van der Waals surface area contributed by atoms with Crippen molar-refractivity contribution in [3.8, 4) is 5.75 Å². The van der Waals surface area contributed by atoms with Crippen LogP contribution in [0.4, 0.5) is 5.69 Å². The fourth-order valence-corrected chi connectivity index (χ4v) is 2.14. The minimum Gasteiger partial charge on any atom is -0.496 e. The Hall–Kier alpha value is -2.42. The van der Waals surface area contributed by atoms with Crippen molar-refractivity contribution in [1.82, 2.24) is 4.98 Å². The van der Waals surface area contributed by atoms with E-state index in [0.717, 1.165) is 29.1 Å². The van der Waals surface area contributed by atoms with Crippen molar-refractivity contribution in [3.05, 3.63) is 60.3 Å². The molecule has 2 N–H and O–H groups in total. The quantitative estimate of drug-likeness (QED) is 0.743. The van der Waals surface area contributed by atoms with E-state index >= 15 is 0 Å². The lowest BCUT2D eigenvalue weighted by atomic mass is 10.2. The van der Waals surface area contributed by atoms with Crippen LogP contribution in [0, 0.1) is 6.20 Å². The number of H-pyrrole nitrogens is 1. The summed E-state index contributed by atoms with van der Waals surface area (Å²) < 4.78 is 5.34. The van der Waals surface area contributed by atoms with Gasteiger partial charge in [0.2, 0.25) is 0 Å². The van der Waals surface area contributed by atoms with E-state index in [1.165, 1.54) is 5.39 Å². The fraction of sp³-hybridized carbons (Fsp3) is 0.125. The van der Waals surface area contributed by atoms with E-state index in [-0.39, 0.29) is 0 Å². The van der Waals surface area contributed by atoms with Crippen molar-refractivity contribution in [2.45, 2.75) is 6.54 Å². The zero-order valence-electron chi connectivity index (χ0n) is 10.7. The van der Waals surface area contributed by atoms with Gasteiger partial charge >= 0.3 is 0 Å². The Bertz CT molecular complexity index is 688. The van der Waals surface area contributed by atoms with Crippen LogP contribution in [0.2, 0.25) is 0 Å². The molecule has 2 aromatic carbocycles. The minimum absolute atomic E-state index is 0.736. The van der Waals surface area contributed by atoms with Crippen LogP contribution in [0.5, 0.6) is 5.75 Å². The third-order valence-corrected chi connectivity index (χ3v) is 3.16. The Morgan fingerprint density at radius 1 is 1.21 bits per heavy atom. The van der Waals surface area contributed by atoms with Gasteiger partial charge in [-0.1, -0.05) is 24.3 Å². The third kappa shape index (κ3) is 2.40. The first-order valence-corrected chi connectivity index (χ1v) is 6.21. The number of hydrogen-bond donors (Lipinski definition) is 2. The molecule has 1 radical (unpaired) electrons. The molecule has 0 bridgehead atoms. The third-order valence-electron chi connectivity index (χ3n) is 3.16. The first-order chi connectivity index (χ1) is 9.36. The largest absolute Gasteiger partial charge is 0.496 e. The van der Waals surface area contributed by atoms with Crippen LogP contribution in [-0.2, 0) is 6.54 Å². The Morgan fingerprint density at radius 3 is 3.00 bits per heavy atom. The second-order valence-corrected chi connectivity index (χ2v) is 4.38. The highest BCUT2D eigenvalue weighted by molar-refractivity contribution is 5.82. The van der Waals surface area contributed by atoms with Gasteiger partial charge in [0, 0.05) is 28.7 Å². The molecule has 1 heterocycles. The number of benzene rings is 2. The van der Waals surface area contributed by atoms with Crippen LogP contribution < -0.4 is 10.1 Å². The van der Waals surface area contributed by atoms with E-state index in [4.69, 9.17) is 4.74 Å². The monoisotopic (exact) mass is 251 g/mol. The molecule has 0 aliphatic heterocycles. The van der Waals surface area contributed by atoms with Gasteiger partial charge in [-0.2, -0.15) is 0 Å². The number of aromatic nitrogens is 1. The average molecular weight is 251 g/mol. The summed E-state index contributed by atoms with van der Waals surface area (Å²) in [5, 5.41) is 4.57. The molecule has 3 nitrogen and oxygen atoms in total. The molecule has 0 saturated heterocycles. The zero-order chi connectivity index (χ0) is 13.1. The molecule has 3 rings (SSSR count). The van der Waals surface area contributed by atoms with Gasteiger partial charge in [-0.3, -0.25) is 0 Å². The first kappa shape index (κ1) is 11.7. The number of methoxy groups -OCH3 is 1. The Labute approximate surface area is 112 Å². The summed E-state index contributed by atoms with van der Waals surface area (Å²) in [7, 11) is 1.69. The lowest BCUT2D eigenvalue weighted by Gasteiger charge is -2.10. The van der Waals surface area contributed by atoms with Gasteiger partial charge in [-0.15, -0.1) is 0 Å². The zero-order valence-corrected chi connectivity index (χ0v) is 10.7. The number of nitrogens with one attached hydrogen (secondary N) is 2. The summed E-state index contributed by atoms with van der Waals surface area (Å²) >= 11 is 0. The summed E-state index contributed by atoms with van der Waals surface area (Å²) in [6.07, 6.45) is 2.98. The van der Waals surface area contributed by atoms with Gasteiger partial charge in [-0.25, -0.2) is 0 Å². The topological polar surface area (TPSA) is 37.0 Å². The number of para-hydroxylation sites is 1. The van der Waals surface area contributed by atoms with Gasteiger partial charge in [0.05, 0.1) is 13.3 Å². The highest BCUT2D eigenvalue weighted by atomic mass is 16.5. The number of ether oxygens (including phenoxy) is 1. The fourth-order valence-electron chi connectivity index (χ4n) is 2.14. The predicted molar refractivity (Wildman–Crippen MR) is 77.5 cm³/mol. The highest BCUT2D eigenvalue weighted by Crippen LogP contribution is 2.21. The van der Waals surface area contributed by atoms with Crippen LogP contribution in [0.15, 0.2) is 48.5 Å². The molecule has 0 atom stereocenters. The highest BCUT2D eigenvalue weighted by Gasteiger charge is 2.02. The van der Waals surface area contributed by atoms with Crippen LogP contribution in [0.1, 0.15) is 5.56 Å². The van der Waals surface area contributed by atoms with Gasteiger partial charge < -0.3 is 15.0 Å². The number of hydrogen-bond acceptors (Lipinski definition) is 2. The smallest absolute Gasteiger partial charge is 0.123 e. The molecule has 0 fully saturated rings. The number of aromatic amines is 1. The first-order valence-electron chi connectivity index (χ1n) is 6.21. The summed E-state index contributed by atoms with van der Waals surface area (Å²) in [5.74, 6) is 0.907. The van der Waals surface area contributed by atoms with Crippen molar-refractivity contribution in [1.29, 1.82) is 0 Å². The van der Waals surface area contributed by atoms with Gasteiger partial charge in [0.25, 0.3) is 0 Å². The van der Waals surface area contributed by atoms with E-state index in [0.29, 0.717) is 0 Å². The molecular formula is C16H15N2O. The number of fused-ring (bicyclic) bond motifs is 1. The summed E-state index contributed by atoms with van der Waals surface area (Å²) in [5.41, 5.74) is 3.31. The van der Waals surface area contributed by atoms with E-state index in [1.54, 1.807) is 7.11 Å². The standard InChI is InChI=1S/C16H15N2O/c1-19-16-5-3-2-4-13(16)11-18-14-7-6-12-8-9-17-15(12)10-14/h2-8,10,17-18H,11H2,1H3. The second kappa shape index (κ2) is 5.06. The molecule has 19 heavy (non-hydrogen) atoms. The van der Waals surface area contributed by atoms with Gasteiger partial charge in [0.15, 0.2) is 0 Å². The van der Waals surface area contributed by atoms with E-state index in [1.807, 2.05) is 24.3 Å². The van der Waals surface area contributed by atoms with Crippen molar-refractivity contribution in [2.75, 3.05) is 12.4 Å². The SMILES string of the molecule is COc1ccccc1CNc1ccc2c[c][nH]c2c1. The molecule has 95 valence electrons. The Balaban J connectivity index is 1.78. The van der Waals surface area contributed by atoms with E-state index in [9.17, 15) is 0 Å². The minimum atomic E-state index is 0.736. The van der Waals surface area contributed by atoms with Crippen LogP contribution in [0.3, 0.4) is 0 Å². The lowest BCUT2D eigenvalue weighted by Crippen LogP contribution is -2.01. The van der Waals surface area contributed by atoms with E-state index in [2.05, 4.69) is 40.8 Å². The maximum atomic E-state index is 5.34. The molecule has 0 saturated carbocycles. The van der Waals surface area contributed by atoms with Gasteiger partial charge in [0.1, 0.15) is 5.75 Å². The normalized spacial score (nSPS) is 10.6. The van der Waals surface area contributed by atoms with Crippen molar-refractivity contribution in [3.63, 3.8) is 0 Å². The lowest BCUT2D eigenvalue weighted by molar-refractivity contribution is 0.410. The number of anilines is 1.